The van der Waals surface area contributed by atoms with Gasteiger partial charge in [-0.05, 0) is 49.2 Å². The van der Waals surface area contributed by atoms with Crippen LogP contribution in [0.2, 0.25) is 0 Å². The second-order valence-corrected chi connectivity index (χ2v) is 7.25. The molecule has 1 saturated heterocycles. The van der Waals surface area contributed by atoms with Crippen molar-refractivity contribution in [2.24, 2.45) is 13.0 Å². The Hall–Kier alpha value is -2.33. The van der Waals surface area contributed by atoms with Crippen LogP contribution in [0.3, 0.4) is 0 Å². The molecule has 0 spiro atoms. The van der Waals surface area contributed by atoms with E-state index in [-0.39, 0.29) is 11.9 Å². The summed E-state index contributed by atoms with van der Waals surface area (Å²) < 4.78 is 2.21. The van der Waals surface area contributed by atoms with Gasteiger partial charge in [0.1, 0.15) is 0 Å². The van der Waals surface area contributed by atoms with Crippen LogP contribution in [0.5, 0.6) is 0 Å². The van der Waals surface area contributed by atoms with Gasteiger partial charge in [-0.1, -0.05) is 31.2 Å². The Morgan fingerprint density at radius 2 is 2.00 bits per heavy atom. The van der Waals surface area contributed by atoms with E-state index >= 15 is 0 Å². The average Bonchev–Trinajstić information content (AvgIpc) is 2.90. The van der Waals surface area contributed by atoms with Gasteiger partial charge in [0.2, 0.25) is 5.91 Å². The number of hydrogen-bond donors (Lipinski definition) is 2. The molecule has 25 heavy (non-hydrogen) atoms. The number of nitrogens with zero attached hydrogens (tertiary/aromatic N) is 1. The van der Waals surface area contributed by atoms with Crippen molar-refractivity contribution in [3.8, 4) is 0 Å². The monoisotopic (exact) mass is 335 g/mol. The van der Waals surface area contributed by atoms with Gasteiger partial charge < -0.3 is 15.2 Å². The van der Waals surface area contributed by atoms with E-state index in [0.717, 1.165) is 25.1 Å². The number of carbonyl (C=O) groups excluding carboxylic acids is 1. The number of hydrogen-bond acceptors (Lipinski definition) is 2. The highest BCUT2D eigenvalue weighted by Gasteiger charge is 2.22. The number of aryl methyl sites for hydroxylation is 1. The summed E-state index contributed by atoms with van der Waals surface area (Å²) >= 11 is 0. The van der Waals surface area contributed by atoms with Gasteiger partial charge in [0.05, 0.1) is 6.42 Å². The van der Waals surface area contributed by atoms with Crippen molar-refractivity contribution in [2.75, 3.05) is 13.1 Å². The van der Waals surface area contributed by atoms with Crippen LogP contribution in [0.4, 0.5) is 0 Å². The number of benzene rings is 2. The molecule has 1 aliphatic heterocycles. The minimum atomic E-state index is 0.123. The molecule has 1 fully saturated rings. The zero-order valence-corrected chi connectivity index (χ0v) is 14.9. The van der Waals surface area contributed by atoms with Crippen LogP contribution < -0.4 is 10.6 Å². The van der Waals surface area contributed by atoms with E-state index in [9.17, 15) is 4.79 Å². The SMILES string of the molecule is C[C@@H]1CNCC[C@@H]1NC(=O)Cc1ccc2c(c1)c1ccccc1n2C. The van der Waals surface area contributed by atoms with Crippen molar-refractivity contribution in [1.29, 1.82) is 0 Å². The largest absolute Gasteiger partial charge is 0.353 e. The zero-order chi connectivity index (χ0) is 17.4. The predicted octanol–water partition coefficient (Wildman–Crippen LogP) is 2.99. The third kappa shape index (κ3) is 3.02. The van der Waals surface area contributed by atoms with E-state index in [1.54, 1.807) is 0 Å². The Balaban J connectivity index is 1.57. The highest BCUT2D eigenvalue weighted by atomic mass is 16.1. The molecule has 1 amide bonds. The predicted molar refractivity (Wildman–Crippen MR) is 103 cm³/mol. The molecule has 4 heteroatoms. The van der Waals surface area contributed by atoms with Crippen molar-refractivity contribution in [2.45, 2.75) is 25.8 Å². The van der Waals surface area contributed by atoms with Gasteiger partial charge >= 0.3 is 0 Å². The molecule has 1 aromatic heterocycles. The van der Waals surface area contributed by atoms with Gasteiger partial charge in [0, 0.05) is 34.9 Å². The van der Waals surface area contributed by atoms with Gasteiger partial charge in [0.25, 0.3) is 0 Å². The molecule has 0 bridgehead atoms. The third-order valence-electron chi connectivity index (χ3n) is 5.47. The second-order valence-electron chi connectivity index (χ2n) is 7.25. The van der Waals surface area contributed by atoms with Crippen LogP contribution in [-0.4, -0.2) is 29.6 Å². The molecule has 1 aliphatic rings. The number of rotatable bonds is 3. The number of aromatic nitrogens is 1. The summed E-state index contributed by atoms with van der Waals surface area (Å²) in [6.45, 7) is 4.16. The maximum absolute atomic E-state index is 12.5. The summed E-state index contributed by atoms with van der Waals surface area (Å²) in [4.78, 5) is 12.5. The molecule has 0 radical (unpaired) electrons. The molecule has 130 valence electrons. The summed E-state index contributed by atoms with van der Waals surface area (Å²) in [5.74, 6) is 0.608. The number of para-hydroxylation sites is 1. The van der Waals surface area contributed by atoms with E-state index in [1.165, 1.54) is 21.8 Å². The van der Waals surface area contributed by atoms with Gasteiger partial charge in [-0.2, -0.15) is 0 Å². The van der Waals surface area contributed by atoms with E-state index in [1.807, 2.05) is 0 Å². The summed E-state index contributed by atoms with van der Waals surface area (Å²) in [7, 11) is 2.09. The molecular weight excluding hydrogens is 310 g/mol. The highest BCUT2D eigenvalue weighted by molar-refractivity contribution is 6.08. The lowest BCUT2D eigenvalue weighted by atomic mass is 9.95. The lowest BCUT2D eigenvalue weighted by Gasteiger charge is -2.30. The van der Waals surface area contributed by atoms with Crippen LogP contribution in [0.1, 0.15) is 18.9 Å². The molecule has 0 aliphatic carbocycles. The Morgan fingerprint density at radius 1 is 1.20 bits per heavy atom. The summed E-state index contributed by atoms with van der Waals surface area (Å²) in [6, 6.07) is 15.1. The van der Waals surface area contributed by atoms with Crippen LogP contribution >= 0.6 is 0 Å². The molecule has 3 aromatic rings. The van der Waals surface area contributed by atoms with Gasteiger partial charge in [-0.3, -0.25) is 4.79 Å². The maximum Gasteiger partial charge on any atom is 0.224 e. The van der Waals surface area contributed by atoms with Crippen molar-refractivity contribution < 1.29 is 4.79 Å². The van der Waals surface area contributed by atoms with Crippen LogP contribution in [0, 0.1) is 5.92 Å². The van der Waals surface area contributed by atoms with E-state index < -0.39 is 0 Å². The quantitative estimate of drug-likeness (QED) is 0.773. The van der Waals surface area contributed by atoms with E-state index in [4.69, 9.17) is 0 Å². The third-order valence-corrected chi connectivity index (χ3v) is 5.47. The topological polar surface area (TPSA) is 46.1 Å². The average molecular weight is 335 g/mol. The van der Waals surface area contributed by atoms with Gasteiger partial charge in [-0.15, -0.1) is 0 Å². The maximum atomic E-state index is 12.5. The smallest absolute Gasteiger partial charge is 0.224 e. The Morgan fingerprint density at radius 3 is 2.84 bits per heavy atom. The number of carbonyl (C=O) groups is 1. The minimum Gasteiger partial charge on any atom is -0.353 e. The lowest BCUT2D eigenvalue weighted by Crippen LogP contribution is -2.48. The minimum absolute atomic E-state index is 0.123. The first-order chi connectivity index (χ1) is 12.1. The number of fused-ring (bicyclic) bond motifs is 3. The zero-order valence-electron chi connectivity index (χ0n) is 14.9. The molecule has 2 aromatic carbocycles. The van der Waals surface area contributed by atoms with Crippen molar-refractivity contribution >= 4 is 27.7 Å². The fourth-order valence-electron chi connectivity index (χ4n) is 4.00. The van der Waals surface area contributed by atoms with Crippen molar-refractivity contribution in [3.05, 3.63) is 48.0 Å². The Bertz CT molecular complexity index is 927. The molecule has 0 unspecified atom stereocenters. The van der Waals surface area contributed by atoms with Crippen molar-refractivity contribution in [3.63, 3.8) is 0 Å². The van der Waals surface area contributed by atoms with Crippen molar-refractivity contribution in [1.82, 2.24) is 15.2 Å². The summed E-state index contributed by atoms with van der Waals surface area (Å²) in [6.07, 6.45) is 1.45. The van der Waals surface area contributed by atoms with E-state index in [0.29, 0.717) is 12.3 Å². The Kier molecular flexibility index (Phi) is 4.22. The van der Waals surface area contributed by atoms with Gasteiger partial charge in [-0.25, -0.2) is 0 Å². The molecule has 4 rings (SSSR count). The molecule has 4 nitrogen and oxygen atoms in total. The number of piperidine rings is 1. The van der Waals surface area contributed by atoms with Gasteiger partial charge in [0.15, 0.2) is 0 Å². The van der Waals surface area contributed by atoms with Crippen LogP contribution in [0.25, 0.3) is 21.8 Å². The second kappa shape index (κ2) is 6.52. The normalized spacial score (nSPS) is 20.9. The summed E-state index contributed by atoms with van der Waals surface area (Å²) in [5.41, 5.74) is 3.50. The first kappa shape index (κ1) is 16.2. The molecule has 0 saturated carbocycles. The fraction of sp³-hybridized carbons (Fsp3) is 0.381. The Labute approximate surface area is 148 Å². The fourth-order valence-corrected chi connectivity index (χ4v) is 4.00. The first-order valence-electron chi connectivity index (χ1n) is 9.09. The van der Waals surface area contributed by atoms with Crippen LogP contribution in [-0.2, 0) is 18.3 Å². The summed E-state index contributed by atoms with van der Waals surface area (Å²) in [5, 5.41) is 9.06. The molecule has 2 atom stereocenters. The molecular formula is C21H25N3O. The molecule has 2 heterocycles. The first-order valence-corrected chi connectivity index (χ1v) is 9.09. The standard InChI is InChI=1S/C21H25N3O/c1-14-13-22-10-9-18(14)23-21(25)12-15-7-8-20-17(11-15)16-5-3-4-6-19(16)24(20)2/h3-8,11,14,18,22H,9-10,12-13H2,1-2H3,(H,23,25)/t14-,18+/m1/s1. The van der Waals surface area contributed by atoms with Crippen LogP contribution in [0.15, 0.2) is 42.5 Å². The highest BCUT2D eigenvalue weighted by Crippen LogP contribution is 2.28. The number of nitrogens with one attached hydrogen (secondary N) is 2. The van der Waals surface area contributed by atoms with E-state index in [2.05, 4.69) is 71.6 Å². The number of amides is 1. The molecule has 2 N–H and O–H groups in total. The lowest BCUT2D eigenvalue weighted by molar-refractivity contribution is -0.121.